The van der Waals surface area contributed by atoms with Crippen molar-refractivity contribution in [1.29, 1.82) is 0 Å². The number of nitro benzene ring substituents is 1. The number of benzene rings is 2. The van der Waals surface area contributed by atoms with Gasteiger partial charge in [0.05, 0.1) is 10.5 Å². The van der Waals surface area contributed by atoms with Crippen molar-refractivity contribution in [2.75, 3.05) is 6.54 Å². The molecule has 2 aromatic carbocycles. The molecule has 0 saturated heterocycles. The Bertz CT molecular complexity index is 680. The smallest absolute Gasteiger partial charge is 0.276 e. The maximum absolute atomic E-state index is 11.1. The quantitative estimate of drug-likeness (QED) is 0.631. The topological polar surface area (TPSA) is 46.4 Å². The molecule has 106 valence electrons. The summed E-state index contributed by atoms with van der Waals surface area (Å²) >= 11 is 0. The lowest BCUT2D eigenvalue weighted by Crippen LogP contribution is -2.13. The van der Waals surface area contributed by atoms with Gasteiger partial charge in [0, 0.05) is 25.4 Å². The highest BCUT2D eigenvalue weighted by Crippen LogP contribution is 2.32. The van der Waals surface area contributed by atoms with E-state index in [4.69, 9.17) is 0 Å². The van der Waals surface area contributed by atoms with E-state index in [1.807, 2.05) is 30.3 Å². The molecule has 4 heteroatoms. The Morgan fingerprint density at radius 3 is 2.52 bits per heavy atom. The van der Waals surface area contributed by atoms with Crippen molar-refractivity contribution in [3.63, 3.8) is 0 Å². The summed E-state index contributed by atoms with van der Waals surface area (Å²) in [5.74, 6) is 0. The number of para-hydroxylation sites is 1. The molecule has 0 fully saturated rings. The van der Waals surface area contributed by atoms with E-state index in [0.717, 1.165) is 30.6 Å². The van der Waals surface area contributed by atoms with Gasteiger partial charge in [-0.3, -0.25) is 10.1 Å². The molecule has 0 aromatic heterocycles. The van der Waals surface area contributed by atoms with Gasteiger partial charge in [-0.1, -0.05) is 42.5 Å². The summed E-state index contributed by atoms with van der Waals surface area (Å²) in [6.07, 6.45) is 2.90. The molecule has 1 heterocycles. The summed E-state index contributed by atoms with van der Waals surface area (Å²) in [5, 5.41) is 11.1. The Labute approximate surface area is 123 Å². The van der Waals surface area contributed by atoms with Crippen molar-refractivity contribution in [2.45, 2.75) is 13.0 Å². The Hall–Kier alpha value is -2.62. The van der Waals surface area contributed by atoms with Crippen LogP contribution in [-0.4, -0.2) is 16.4 Å². The van der Waals surface area contributed by atoms with Crippen LogP contribution in [0.4, 0.5) is 5.69 Å². The summed E-state index contributed by atoms with van der Waals surface area (Å²) < 4.78 is 0. The minimum absolute atomic E-state index is 0.185. The number of nitrogens with zero attached hydrogens (tertiary/aromatic N) is 2. The van der Waals surface area contributed by atoms with Gasteiger partial charge in [0.2, 0.25) is 0 Å². The molecule has 1 aliphatic heterocycles. The van der Waals surface area contributed by atoms with Gasteiger partial charge in [-0.2, -0.15) is 0 Å². The van der Waals surface area contributed by atoms with Crippen molar-refractivity contribution in [2.24, 2.45) is 0 Å². The zero-order valence-electron chi connectivity index (χ0n) is 11.6. The van der Waals surface area contributed by atoms with Gasteiger partial charge in [-0.25, -0.2) is 0 Å². The van der Waals surface area contributed by atoms with Gasteiger partial charge >= 0.3 is 0 Å². The van der Waals surface area contributed by atoms with E-state index in [1.165, 1.54) is 5.56 Å². The maximum atomic E-state index is 11.1. The first-order valence-corrected chi connectivity index (χ1v) is 6.96. The zero-order valence-corrected chi connectivity index (χ0v) is 11.6. The number of hydrogen-bond acceptors (Lipinski definition) is 3. The van der Waals surface area contributed by atoms with Gasteiger partial charge in [0.15, 0.2) is 0 Å². The van der Waals surface area contributed by atoms with E-state index in [2.05, 4.69) is 23.2 Å². The Morgan fingerprint density at radius 2 is 1.76 bits per heavy atom. The van der Waals surface area contributed by atoms with Crippen molar-refractivity contribution >= 4 is 11.3 Å². The summed E-state index contributed by atoms with van der Waals surface area (Å²) in [4.78, 5) is 13.0. The van der Waals surface area contributed by atoms with E-state index in [9.17, 15) is 10.1 Å². The second-order valence-electron chi connectivity index (χ2n) is 5.13. The first-order chi connectivity index (χ1) is 10.2. The van der Waals surface area contributed by atoms with Crippen LogP contribution in [0.3, 0.4) is 0 Å². The molecular weight excluding hydrogens is 264 g/mol. The molecule has 0 amide bonds. The molecule has 0 atom stereocenters. The predicted octanol–water partition coefficient (Wildman–Crippen LogP) is 3.84. The van der Waals surface area contributed by atoms with E-state index >= 15 is 0 Å². The van der Waals surface area contributed by atoms with Crippen LogP contribution in [0.2, 0.25) is 0 Å². The molecule has 21 heavy (non-hydrogen) atoms. The molecule has 1 aliphatic rings. The monoisotopic (exact) mass is 280 g/mol. The minimum atomic E-state index is -0.309. The molecule has 0 saturated carbocycles. The first kappa shape index (κ1) is 13.4. The molecule has 0 bridgehead atoms. The van der Waals surface area contributed by atoms with E-state index < -0.39 is 0 Å². The first-order valence-electron chi connectivity index (χ1n) is 6.96. The lowest BCUT2D eigenvalue weighted by molar-refractivity contribution is -0.385. The van der Waals surface area contributed by atoms with Gasteiger partial charge in [0.1, 0.15) is 0 Å². The zero-order chi connectivity index (χ0) is 14.7. The minimum Gasteiger partial charge on any atom is -0.372 e. The molecule has 4 nitrogen and oxygen atoms in total. The third kappa shape index (κ3) is 2.94. The largest absolute Gasteiger partial charge is 0.372 e. The molecule has 0 radical (unpaired) electrons. The second kappa shape index (κ2) is 5.79. The van der Waals surface area contributed by atoms with Crippen LogP contribution < -0.4 is 0 Å². The lowest BCUT2D eigenvalue weighted by atomic mass is 10.0. The molecule has 2 aromatic rings. The van der Waals surface area contributed by atoms with Crippen LogP contribution in [0.5, 0.6) is 0 Å². The Kier molecular flexibility index (Phi) is 3.69. The molecule has 0 aliphatic carbocycles. The highest BCUT2D eigenvalue weighted by Gasteiger charge is 2.20. The Balaban J connectivity index is 1.82. The van der Waals surface area contributed by atoms with Crippen LogP contribution >= 0.6 is 0 Å². The molecule has 0 spiro atoms. The van der Waals surface area contributed by atoms with Gasteiger partial charge in [-0.05, 0) is 23.6 Å². The average Bonchev–Trinajstić information content (AvgIpc) is 2.96. The lowest BCUT2D eigenvalue weighted by Gasteiger charge is -2.14. The summed E-state index contributed by atoms with van der Waals surface area (Å²) in [7, 11) is 0. The normalized spacial score (nSPS) is 14.1. The number of hydrogen-bond donors (Lipinski definition) is 0. The number of nitro groups is 1. The summed E-state index contributed by atoms with van der Waals surface area (Å²) in [6, 6.07) is 17.2. The summed E-state index contributed by atoms with van der Waals surface area (Å²) in [5.41, 5.74) is 3.21. The standard InChI is InChI=1S/C17H16N2O2/c20-19(21)17-9-5-4-8-16(17)15-10-11-18(13-15)12-14-6-2-1-3-7-14/h1-9,13H,10-12H2. The average molecular weight is 280 g/mol. The van der Waals surface area contributed by atoms with Crippen LogP contribution in [0, 0.1) is 10.1 Å². The van der Waals surface area contributed by atoms with Crippen molar-refractivity contribution < 1.29 is 4.92 Å². The SMILES string of the molecule is O=[N+]([O-])c1ccccc1C1=CN(Cc2ccccc2)CC1. The molecule has 3 rings (SSSR count). The van der Waals surface area contributed by atoms with Gasteiger partial charge < -0.3 is 4.90 Å². The van der Waals surface area contributed by atoms with Crippen LogP contribution in [0.1, 0.15) is 17.5 Å². The third-order valence-corrected chi connectivity index (χ3v) is 3.68. The highest BCUT2D eigenvalue weighted by molar-refractivity contribution is 5.73. The highest BCUT2D eigenvalue weighted by atomic mass is 16.6. The van der Waals surface area contributed by atoms with Crippen molar-refractivity contribution in [1.82, 2.24) is 4.90 Å². The van der Waals surface area contributed by atoms with Gasteiger partial charge in [-0.15, -0.1) is 0 Å². The van der Waals surface area contributed by atoms with Crippen molar-refractivity contribution in [3.05, 3.63) is 82.0 Å². The maximum Gasteiger partial charge on any atom is 0.276 e. The van der Waals surface area contributed by atoms with E-state index in [-0.39, 0.29) is 10.6 Å². The second-order valence-corrected chi connectivity index (χ2v) is 5.13. The van der Waals surface area contributed by atoms with E-state index in [0.29, 0.717) is 0 Å². The molecule has 0 unspecified atom stereocenters. The fourth-order valence-corrected chi connectivity index (χ4v) is 2.66. The fourth-order valence-electron chi connectivity index (χ4n) is 2.66. The number of rotatable bonds is 4. The summed E-state index contributed by atoms with van der Waals surface area (Å²) in [6.45, 7) is 1.74. The molecule has 0 N–H and O–H groups in total. The van der Waals surface area contributed by atoms with Crippen LogP contribution in [-0.2, 0) is 6.54 Å². The van der Waals surface area contributed by atoms with Crippen molar-refractivity contribution in [3.8, 4) is 0 Å². The predicted molar refractivity (Wildman–Crippen MR) is 82.5 cm³/mol. The van der Waals surface area contributed by atoms with E-state index in [1.54, 1.807) is 12.1 Å². The Morgan fingerprint density at radius 1 is 1.05 bits per heavy atom. The van der Waals surface area contributed by atoms with Gasteiger partial charge in [0.25, 0.3) is 5.69 Å². The molecular formula is C17H16N2O2. The fraction of sp³-hybridized carbons (Fsp3) is 0.176. The van der Waals surface area contributed by atoms with Crippen LogP contribution in [0.25, 0.3) is 5.57 Å². The third-order valence-electron chi connectivity index (χ3n) is 3.68. The van der Waals surface area contributed by atoms with Crippen LogP contribution in [0.15, 0.2) is 60.8 Å².